The Hall–Kier alpha value is -2.13. The van der Waals surface area contributed by atoms with Crippen LogP contribution in [0, 0.1) is 0 Å². The van der Waals surface area contributed by atoms with Gasteiger partial charge in [-0.15, -0.1) is 0 Å². The standard InChI is InChI=1S/C18H23N3/c1-20-18(21-2)17-11-9-15(10-12-17)4-3-14-5-7-16(13-19)8-6-14/h5-12H,3-4,13,19H2,1-2H3,(H,20,21). The summed E-state index contributed by atoms with van der Waals surface area (Å²) in [6.45, 7) is 0.606. The third-order valence-electron chi connectivity index (χ3n) is 3.65. The molecule has 0 aromatic heterocycles. The van der Waals surface area contributed by atoms with Gasteiger partial charge in [-0.1, -0.05) is 48.5 Å². The van der Waals surface area contributed by atoms with Crippen molar-refractivity contribution in [2.24, 2.45) is 10.7 Å². The van der Waals surface area contributed by atoms with Gasteiger partial charge in [-0.25, -0.2) is 0 Å². The molecule has 0 aliphatic heterocycles. The number of benzene rings is 2. The van der Waals surface area contributed by atoms with Gasteiger partial charge in [0, 0.05) is 26.2 Å². The summed E-state index contributed by atoms with van der Waals surface area (Å²) >= 11 is 0. The summed E-state index contributed by atoms with van der Waals surface area (Å²) in [4.78, 5) is 4.21. The molecule has 0 spiro atoms. The highest BCUT2D eigenvalue weighted by atomic mass is 14.9. The maximum absolute atomic E-state index is 5.61. The van der Waals surface area contributed by atoms with Gasteiger partial charge in [-0.3, -0.25) is 4.99 Å². The number of aryl methyl sites for hydroxylation is 2. The fraction of sp³-hybridized carbons (Fsp3) is 0.278. The Morgan fingerprint density at radius 1 is 0.905 bits per heavy atom. The maximum Gasteiger partial charge on any atom is 0.127 e. The number of nitrogens with one attached hydrogen (secondary N) is 1. The molecule has 0 saturated carbocycles. The van der Waals surface area contributed by atoms with Crippen LogP contribution < -0.4 is 11.1 Å². The summed E-state index contributed by atoms with van der Waals surface area (Å²) in [6, 6.07) is 17.1. The molecule has 110 valence electrons. The molecule has 0 amide bonds. The van der Waals surface area contributed by atoms with Gasteiger partial charge >= 0.3 is 0 Å². The number of nitrogens with two attached hydrogens (primary N) is 1. The van der Waals surface area contributed by atoms with E-state index in [0.717, 1.165) is 24.2 Å². The van der Waals surface area contributed by atoms with Crippen LogP contribution in [-0.4, -0.2) is 19.9 Å². The van der Waals surface area contributed by atoms with E-state index in [1.807, 2.05) is 7.05 Å². The molecule has 0 heterocycles. The van der Waals surface area contributed by atoms with Crippen molar-refractivity contribution >= 4 is 5.84 Å². The van der Waals surface area contributed by atoms with Crippen LogP contribution in [0.4, 0.5) is 0 Å². The van der Waals surface area contributed by atoms with Gasteiger partial charge in [0.05, 0.1) is 0 Å². The molecule has 3 heteroatoms. The minimum absolute atomic E-state index is 0.606. The van der Waals surface area contributed by atoms with Gasteiger partial charge in [-0.2, -0.15) is 0 Å². The molecule has 3 N–H and O–H groups in total. The number of nitrogens with zero attached hydrogens (tertiary/aromatic N) is 1. The second-order valence-electron chi connectivity index (χ2n) is 5.04. The first-order chi connectivity index (χ1) is 10.3. The lowest BCUT2D eigenvalue weighted by atomic mass is 10.0. The maximum atomic E-state index is 5.61. The van der Waals surface area contributed by atoms with Crippen LogP contribution in [0.25, 0.3) is 0 Å². The van der Waals surface area contributed by atoms with Crippen molar-refractivity contribution in [3.63, 3.8) is 0 Å². The fourth-order valence-corrected chi connectivity index (χ4v) is 2.35. The Balaban J connectivity index is 1.97. The van der Waals surface area contributed by atoms with Crippen LogP contribution >= 0.6 is 0 Å². The normalized spacial score (nSPS) is 11.5. The zero-order chi connectivity index (χ0) is 15.1. The van der Waals surface area contributed by atoms with Crippen molar-refractivity contribution in [2.75, 3.05) is 14.1 Å². The molecule has 21 heavy (non-hydrogen) atoms. The molecule has 0 bridgehead atoms. The van der Waals surface area contributed by atoms with Gasteiger partial charge in [0.15, 0.2) is 0 Å². The fourth-order valence-electron chi connectivity index (χ4n) is 2.35. The van der Waals surface area contributed by atoms with Crippen molar-refractivity contribution in [1.29, 1.82) is 0 Å². The van der Waals surface area contributed by atoms with Crippen molar-refractivity contribution < 1.29 is 0 Å². The number of hydrogen-bond donors (Lipinski definition) is 2. The Labute approximate surface area is 126 Å². The Kier molecular flexibility index (Phi) is 5.52. The molecule has 0 atom stereocenters. The Morgan fingerprint density at radius 2 is 1.38 bits per heavy atom. The van der Waals surface area contributed by atoms with E-state index in [-0.39, 0.29) is 0 Å². The minimum atomic E-state index is 0.606. The number of rotatable bonds is 5. The van der Waals surface area contributed by atoms with E-state index in [0.29, 0.717) is 6.54 Å². The summed E-state index contributed by atoms with van der Waals surface area (Å²) in [5, 5.41) is 3.10. The third kappa shape index (κ3) is 4.17. The summed E-state index contributed by atoms with van der Waals surface area (Å²) in [7, 11) is 3.69. The van der Waals surface area contributed by atoms with Crippen LogP contribution in [-0.2, 0) is 19.4 Å². The molecular weight excluding hydrogens is 258 g/mol. The Morgan fingerprint density at radius 3 is 1.81 bits per heavy atom. The molecule has 2 rings (SSSR count). The average molecular weight is 281 g/mol. The summed E-state index contributed by atoms with van der Waals surface area (Å²) in [5.74, 6) is 0.916. The predicted octanol–water partition coefficient (Wildman–Crippen LogP) is 2.53. The van der Waals surface area contributed by atoms with Crippen molar-refractivity contribution in [2.45, 2.75) is 19.4 Å². The van der Waals surface area contributed by atoms with E-state index in [1.165, 1.54) is 16.7 Å². The third-order valence-corrected chi connectivity index (χ3v) is 3.65. The monoisotopic (exact) mass is 281 g/mol. The lowest BCUT2D eigenvalue weighted by Gasteiger charge is -2.07. The summed E-state index contributed by atoms with van der Waals surface area (Å²) < 4.78 is 0. The number of aliphatic imine (C=N–C) groups is 1. The molecule has 2 aromatic rings. The first-order valence-corrected chi connectivity index (χ1v) is 7.28. The van der Waals surface area contributed by atoms with Crippen LogP contribution in [0.1, 0.15) is 22.3 Å². The quantitative estimate of drug-likeness (QED) is 0.653. The zero-order valence-corrected chi connectivity index (χ0v) is 12.8. The SMILES string of the molecule is CN=C(NC)c1ccc(CCc2ccc(CN)cc2)cc1. The lowest BCUT2D eigenvalue weighted by molar-refractivity contribution is 0.955. The van der Waals surface area contributed by atoms with E-state index in [9.17, 15) is 0 Å². The summed E-state index contributed by atoms with van der Waals surface area (Å²) in [6.07, 6.45) is 2.09. The highest BCUT2D eigenvalue weighted by molar-refractivity contribution is 5.98. The highest BCUT2D eigenvalue weighted by Gasteiger charge is 2.01. The highest BCUT2D eigenvalue weighted by Crippen LogP contribution is 2.10. The van der Waals surface area contributed by atoms with Gasteiger partial charge in [0.1, 0.15) is 5.84 Å². The second kappa shape index (κ2) is 7.60. The molecule has 0 unspecified atom stereocenters. The van der Waals surface area contributed by atoms with Crippen molar-refractivity contribution in [3.8, 4) is 0 Å². The van der Waals surface area contributed by atoms with E-state index in [1.54, 1.807) is 7.05 Å². The molecule has 2 aromatic carbocycles. The van der Waals surface area contributed by atoms with Gasteiger partial charge in [0.2, 0.25) is 0 Å². The van der Waals surface area contributed by atoms with Gasteiger partial charge < -0.3 is 11.1 Å². The molecule has 0 fully saturated rings. The first-order valence-electron chi connectivity index (χ1n) is 7.28. The molecule has 3 nitrogen and oxygen atoms in total. The van der Waals surface area contributed by atoms with E-state index < -0.39 is 0 Å². The molecular formula is C18H23N3. The Bertz CT molecular complexity index is 583. The topological polar surface area (TPSA) is 50.4 Å². The smallest absolute Gasteiger partial charge is 0.127 e. The average Bonchev–Trinajstić information content (AvgIpc) is 2.55. The van der Waals surface area contributed by atoms with Gasteiger partial charge in [-0.05, 0) is 29.5 Å². The molecule has 0 aliphatic rings. The lowest BCUT2D eigenvalue weighted by Crippen LogP contribution is -2.19. The largest absolute Gasteiger partial charge is 0.373 e. The van der Waals surface area contributed by atoms with E-state index in [4.69, 9.17) is 5.73 Å². The predicted molar refractivity (Wildman–Crippen MR) is 89.7 cm³/mol. The summed E-state index contributed by atoms with van der Waals surface area (Å²) in [5.41, 5.74) is 10.6. The van der Waals surface area contributed by atoms with Crippen LogP contribution in [0.3, 0.4) is 0 Å². The van der Waals surface area contributed by atoms with Crippen LogP contribution in [0.15, 0.2) is 53.5 Å². The van der Waals surface area contributed by atoms with E-state index in [2.05, 4.69) is 58.8 Å². The number of amidine groups is 1. The molecule has 0 radical (unpaired) electrons. The van der Waals surface area contributed by atoms with Crippen molar-refractivity contribution in [1.82, 2.24) is 5.32 Å². The molecule has 0 aliphatic carbocycles. The number of hydrogen-bond acceptors (Lipinski definition) is 2. The second-order valence-corrected chi connectivity index (χ2v) is 5.04. The molecule has 0 saturated heterocycles. The van der Waals surface area contributed by atoms with E-state index >= 15 is 0 Å². The van der Waals surface area contributed by atoms with Crippen LogP contribution in [0.2, 0.25) is 0 Å². The van der Waals surface area contributed by atoms with Gasteiger partial charge in [0.25, 0.3) is 0 Å². The first kappa shape index (κ1) is 15.3. The van der Waals surface area contributed by atoms with Crippen LogP contribution in [0.5, 0.6) is 0 Å². The minimum Gasteiger partial charge on any atom is -0.373 e. The van der Waals surface area contributed by atoms with Crippen molar-refractivity contribution in [3.05, 3.63) is 70.8 Å². The zero-order valence-electron chi connectivity index (χ0n) is 12.8.